The Morgan fingerprint density at radius 2 is 1.87 bits per heavy atom. The number of halogens is 1. The lowest BCUT2D eigenvalue weighted by atomic mass is 9.93. The van der Waals surface area contributed by atoms with Crippen molar-refractivity contribution in [2.75, 3.05) is 10.6 Å². The molecule has 1 fully saturated rings. The van der Waals surface area contributed by atoms with Gasteiger partial charge in [0.25, 0.3) is 0 Å². The van der Waals surface area contributed by atoms with Crippen LogP contribution in [0, 0.1) is 12.7 Å². The minimum Gasteiger partial charge on any atom is -0.393 e. The molecule has 3 heterocycles. The van der Waals surface area contributed by atoms with Crippen LogP contribution in [0.1, 0.15) is 31.4 Å². The molecule has 3 aromatic heterocycles. The summed E-state index contributed by atoms with van der Waals surface area (Å²) in [6.07, 6.45) is 5.00. The number of rotatable bonds is 5. The quantitative estimate of drug-likeness (QED) is 0.416. The van der Waals surface area contributed by atoms with Gasteiger partial charge in [0.15, 0.2) is 5.82 Å². The van der Waals surface area contributed by atoms with Gasteiger partial charge in [-0.15, -0.1) is 0 Å². The van der Waals surface area contributed by atoms with E-state index in [-0.39, 0.29) is 18.0 Å². The van der Waals surface area contributed by atoms with Gasteiger partial charge in [-0.3, -0.25) is 0 Å². The Bertz CT molecular complexity index is 1200. The first-order chi connectivity index (χ1) is 15.0. The van der Waals surface area contributed by atoms with E-state index in [9.17, 15) is 9.50 Å². The molecule has 1 aromatic carbocycles. The summed E-state index contributed by atoms with van der Waals surface area (Å²) in [6, 6.07) is 10.5. The SMILES string of the molecule is Cc1cc(Nc2nc(N[C@H]3CC[C@H](O)CC3)c3c(ccn3-c3ccc(F)cc3)n2)sn1. The second kappa shape index (κ2) is 8.24. The Balaban J connectivity index is 1.56. The van der Waals surface area contributed by atoms with Crippen molar-refractivity contribution < 1.29 is 9.50 Å². The highest BCUT2D eigenvalue weighted by molar-refractivity contribution is 7.10. The number of hydrogen-bond donors (Lipinski definition) is 3. The molecule has 0 atom stereocenters. The number of nitrogens with zero attached hydrogens (tertiary/aromatic N) is 4. The van der Waals surface area contributed by atoms with Crippen LogP contribution in [0.4, 0.5) is 21.2 Å². The molecule has 0 aliphatic heterocycles. The van der Waals surface area contributed by atoms with Crippen LogP contribution in [-0.2, 0) is 0 Å². The van der Waals surface area contributed by atoms with E-state index in [2.05, 4.69) is 15.0 Å². The van der Waals surface area contributed by atoms with Crippen LogP contribution < -0.4 is 10.6 Å². The molecule has 1 aliphatic rings. The number of aliphatic hydroxyl groups is 1. The van der Waals surface area contributed by atoms with E-state index in [1.165, 1.54) is 23.7 Å². The van der Waals surface area contributed by atoms with Crippen molar-refractivity contribution >= 4 is 39.3 Å². The van der Waals surface area contributed by atoms with Gasteiger partial charge in [-0.1, -0.05) is 0 Å². The van der Waals surface area contributed by atoms with Crippen molar-refractivity contribution in [1.82, 2.24) is 18.9 Å². The normalized spacial score (nSPS) is 18.9. The maximum absolute atomic E-state index is 13.4. The number of anilines is 3. The fourth-order valence-electron chi connectivity index (χ4n) is 3.97. The number of benzene rings is 1. The molecule has 0 amide bonds. The summed E-state index contributed by atoms with van der Waals surface area (Å²) in [5.41, 5.74) is 3.39. The maximum Gasteiger partial charge on any atom is 0.230 e. The number of aryl methyl sites for hydroxylation is 1. The number of fused-ring (bicyclic) bond motifs is 1. The molecule has 7 nitrogen and oxygen atoms in total. The smallest absolute Gasteiger partial charge is 0.230 e. The summed E-state index contributed by atoms with van der Waals surface area (Å²) in [5, 5.41) is 17.6. The maximum atomic E-state index is 13.4. The minimum absolute atomic E-state index is 0.219. The topological polar surface area (TPSA) is 87.9 Å². The van der Waals surface area contributed by atoms with E-state index in [0.717, 1.165) is 53.1 Å². The molecule has 0 bridgehead atoms. The van der Waals surface area contributed by atoms with Crippen molar-refractivity contribution in [3.05, 3.63) is 54.1 Å². The largest absolute Gasteiger partial charge is 0.393 e. The molecular formula is C22H23FN6OS. The Hall–Kier alpha value is -3.04. The lowest BCUT2D eigenvalue weighted by molar-refractivity contribution is 0.126. The molecular weight excluding hydrogens is 415 g/mol. The third kappa shape index (κ3) is 4.24. The van der Waals surface area contributed by atoms with Crippen LogP contribution in [0.2, 0.25) is 0 Å². The minimum atomic E-state index is -0.276. The Kier molecular flexibility index (Phi) is 5.29. The Morgan fingerprint density at radius 1 is 1.10 bits per heavy atom. The average molecular weight is 439 g/mol. The van der Waals surface area contributed by atoms with Gasteiger partial charge >= 0.3 is 0 Å². The monoisotopic (exact) mass is 438 g/mol. The predicted molar refractivity (Wildman–Crippen MR) is 121 cm³/mol. The van der Waals surface area contributed by atoms with E-state index < -0.39 is 0 Å². The molecule has 0 saturated heterocycles. The molecule has 9 heteroatoms. The van der Waals surface area contributed by atoms with Gasteiger partial charge < -0.3 is 20.3 Å². The molecule has 5 rings (SSSR count). The Labute approximate surface area is 183 Å². The fraction of sp³-hybridized carbons (Fsp3) is 0.318. The summed E-state index contributed by atoms with van der Waals surface area (Å²) in [7, 11) is 0. The number of nitrogens with one attached hydrogen (secondary N) is 2. The van der Waals surface area contributed by atoms with Gasteiger partial charge in [0.2, 0.25) is 5.95 Å². The summed E-state index contributed by atoms with van der Waals surface area (Å²) < 4.78 is 19.7. The highest BCUT2D eigenvalue weighted by Crippen LogP contribution is 2.31. The molecule has 0 unspecified atom stereocenters. The lowest BCUT2D eigenvalue weighted by Gasteiger charge is -2.27. The third-order valence-corrected chi connectivity index (χ3v) is 6.33. The predicted octanol–water partition coefficient (Wildman–Crippen LogP) is 4.78. The van der Waals surface area contributed by atoms with Crippen LogP contribution in [-0.4, -0.2) is 36.2 Å². The van der Waals surface area contributed by atoms with Gasteiger partial charge in [0.05, 0.1) is 17.3 Å². The first-order valence-corrected chi connectivity index (χ1v) is 11.1. The molecule has 3 N–H and O–H groups in total. The number of hydrogen-bond acceptors (Lipinski definition) is 7. The fourth-order valence-corrected chi connectivity index (χ4v) is 4.62. The first kappa shape index (κ1) is 19.9. The van der Waals surface area contributed by atoms with Crippen molar-refractivity contribution in [1.29, 1.82) is 0 Å². The van der Waals surface area contributed by atoms with Crippen LogP contribution in [0.25, 0.3) is 16.7 Å². The second-order valence-electron chi connectivity index (χ2n) is 7.90. The van der Waals surface area contributed by atoms with Gasteiger partial charge in [0.1, 0.15) is 16.3 Å². The zero-order chi connectivity index (χ0) is 21.4. The average Bonchev–Trinajstić information content (AvgIpc) is 3.36. The van der Waals surface area contributed by atoms with Crippen LogP contribution in [0.3, 0.4) is 0 Å². The van der Waals surface area contributed by atoms with Crippen LogP contribution in [0.5, 0.6) is 0 Å². The summed E-state index contributed by atoms with van der Waals surface area (Å²) >= 11 is 1.36. The van der Waals surface area contributed by atoms with Crippen molar-refractivity contribution in [3.63, 3.8) is 0 Å². The number of aliphatic hydroxyl groups excluding tert-OH is 1. The second-order valence-corrected chi connectivity index (χ2v) is 8.70. The van der Waals surface area contributed by atoms with Crippen molar-refractivity contribution in [2.24, 2.45) is 0 Å². The molecule has 160 valence electrons. The third-order valence-electron chi connectivity index (χ3n) is 5.54. The molecule has 1 aliphatic carbocycles. The van der Waals surface area contributed by atoms with E-state index >= 15 is 0 Å². The van der Waals surface area contributed by atoms with Gasteiger partial charge in [-0.25, -0.2) is 9.37 Å². The lowest BCUT2D eigenvalue weighted by Crippen LogP contribution is -2.28. The first-order valence-electron chi connectivity index (χ1n) is 10.3. The molecule has 1 saturated carbocycles. The van der Waals surface area contributed by atoms with E-state index in [0.29, 0.717) is 11.8 Å². The van der Waals surface area contributed by atoms with Gasteiger partial charge in [-0.2, -0.15) is 9.36 Å². The highest BCUT2D eigenvalue weighted by atomic mass is 32.1. The Morgan fingerprint density at radius 3 is 2.58 bits per heavy atom. The molecule has 31 heavy (non-hydrogen) atoms. The van der Waals surface area contributed by atoms with Crippen molar-refractivity contribution in [2.45, 2.75) is 44.8 Å². The van der Waals surface area contributed by atoms with Crippen LogP contribution >= 0.6 is 11.5 Å². The molecule has 4 aromatic rings. The number of aromatic nitrogens is 4. The summed E-state index contributed by atoms with van der Waals surface area (Å²) in [6.45, 7) is 1.94. The van der Waals surface area contributed by atoms with Gasteiger partial charge in [0, 0.05) is 17.9 Å². The summed E-state index contributed by atoms with van der Waals surface area (Å²) in [5.74, 6) is 0.928. The van der Waals surface area contributed by atoms with Gasteiger partial charge in [-0.05, 0) is 80.5 Å². The zero-order valence-corrected chi connectivity index (χ0v) is 17.9. The molecule has 0 radical (unpaired) electrons. The van der Waals surface area contributed by atoms with Crippen molar-refractivity contribution in [3.8, 4) is 5.69 Å². The highest BCUT2D eigenvalue weighted by Gasteiger charge is 2.22. The van der Waals surface area contributed by atoms with E-state index in [4.69, 9.17) is 9.97 Å². The van der Waals surface area contributed by atoms with E-state index in [1.807, 2.05) is 29.8 Å². The zero-order valence-electron chi connectivity index (χ0n) is 17.0. The standard InChI is InChI=1S/C22H23FN6OS/c1-13-12-19(31-28-13)26-22-25-18-10-11-29(16-6-2-14(23)3-7-16)20(18)21(27-22)24-15-4-8-17(30)9-5-15/h2-3,6-7,10-12,15,17,30H,4-5,8-9H2,1H3,(H2,24,25,26,27)/t15-,17-. The van der Waals surface area contributed by atoms with Crippen LogP contribution in [0.15, 0.2) is 42.6 Å². The molecule has 0 spiro atoms. The van der Waals surface area contributed by atoms with E-state index in [1.54, 1.807) is 12.1 Å². The summed E-state index contributed by atoms with van der Waals surface area (Å²) in [4.78, 5) is 9.47.